The van der Waals surface area contributed by atoms with Crippen LogP contribution in [0.4, 0.5) is 0 Å². The van der Waals surface area contributed by atoms with Crippen LogP contribution in [0.5, 0.6) is 0 Å². The third kappa shape index (κ3) is 34.6. The molecule has 1 aliphatic rings. The topological polar surface area (TPSA) is 189 Å². The van der Waals surface area contributed by atoms with E-state index in [1.807, 2.05) is 0 Å². The number of nitrogens with one attached hydrogen (secondary N) is 1. The highest BCUT2D eigenvalue weighted by Gasteiger charge is 2.44. The maximum atomic E-state index is 13.1. The molecule has 0 bridgehead atoms. The first-order valence-corrected chi connectivity index (χ1v) is 28.4. The van der Waals surface area contributed by atoms with E-state index in [0.717, 1.165) is 64.2 Å². The summed E-state index contributed by atoms with van der Waals surface area (Å²) in [5.41, 5.74) is 0. The lowest BCUT2D eigenvalue weighted by Gasteiger charge is -2.40. The Morgan fingerprint density at radius 3 is 1.38 bits per heavy atom. The fourth-order valence-electron chi connectivity index (χ4n) is 9.00. The van der Waals surface area contributed by atoms with Gasteiger partial charge in [-0.3, -0.25) is 4.79 Å². The van der Waals surface area contributed by atoms with Gasteiger partial charge in [0.25, 0.3) is 0 Å². The molecule has 0 aromatic heterocycles. The van der Waals surface area contributed by atoms with E-state index >= 15 is 0 Å². The number of allylic oxidation sites excluding steroid dienone is 6. The van der Waals surface area contributed by atoms with Crippen molar-refractivity contribution in [3.05, 3.63) is 36.5 Å². The summed E-state index contributed by atoms with van der Waals surface area (Å²) in [5, 5.41) is 76.0. The van der Waals surface area contributed by atoms with Gasteiger partial charge < -0.3 is 50.5 Å². The van der Waals surface area contributed by atoms with E-state index in [9.17, 15) is 40.5 Å². The minimum Gasteiger partial charge on any atom is -0.394 e. The van der Waals surface area contributed by atoms with Crippen LogP contribution in [-0.2, 0) is 14.3 Å². The summed E-state index contributed by atoms with van der Waals surface area (Å²) in [6, 6.07) is -1.19. The molecule has 1 fully saturated rings. The molecule has 9 unspecified atom stereocenters. The van der Waals surface area contributed by atoms with Crippen LogP contribution in [0.3, 0.4) is 0 Å². The van der Waals surface area contributed by atoms with Crippen LogP contribution >= 0.6 is 0 Å². The second-order valence-corrected chi connectivity index (χ2v) is 20.0. The van der Waals surface area contributed by atoms with Crippen LogP contribution in [0.1, 0.15) is 251 Å². The van der Waals surface area contributed by atoms with E-state index < -0.39 is 74.2 Å². The minimum absolute atomic E-state index is 0.241. The molecular weight excluding hydrogens is 859 g/mol. The molecule has 0 aromatic carbocycles. The third-order valence-corrected chi connectivity index (χ3v) is 13.7. The number of carbonyl (C=O) groups excluding carboxylic acids is 1. The smallest absolute Gasteiger partial charge is 0.249 e. The number of ether oxygens (including phenoxy) is 2. The predicted molar refractivity (Wildman–Crippen MR) is 279 cm³/mol. The van der Waals surface area contributed by atoms with Crippen LogP contribution in [0.15, 0.2) is 36.5 Å². The number of aliphatic hydroxyl groups is 7. The lowest BCUT2D eigenvalue weighted by molar-refractivity contribution is -0.303. The van der Waals surface area contributed by atoms with Crippen LogP contribution in [0, 0.1) is 0 Å². The van der Waals surface area contributed by atoms with Crippen molar-refractivity contribution in [1.29, 1.82) is 0 Å². The van der Waals surface area contributed by atoms with Gasteiger partial charge in [0.1, 0.15) is 36.6 Å². The lowest BCUT2D eigenvalue weighted by Crippen LogP contribution is -2.60. The molecule has 1 saturated heterocycles. The van der Waals surface area contributed by atoms with Crippen LogP contribution < -0.4 is 5.32 Å². The standard InChI is InChI=1S/C57H107NO10/c1-3-5-7-9-11-13-15-17-19-21-22-23-24-25-26-27-28-29-31-32-34-36-38-40-42-44-49(60)52(62)48(47-67-57-55(65)54(64)53(63)51(46-59)68-57)58-56(66)50(61)45-43-41-39-37-35-33-30-20-18-16-14-12-10-8-6-4-2/h12,14,18,20,36,38,48-55,57,59-65H,3-11,13,15-17,19,21-35,37,39-47H2,1-2H3,(H,58,66)/b14-12-,20-18-,38-36+. The molecule has 1 amide bonds. The highest BCUT2D eigenvalue weighted by molar-refractivity contribution is 5.80. The van der Waals surface area contributed by atoms with E-state index in [4.69, 9.17) is 9.47 Å². The zero-order valence-corrected chi connectivity index (χ0v) is 43.6. The monoisotopic (exact) mass is 966 g/mol. The number of rotatable bonds is 48. The largest absolute Gasteiger partial charge is 0.394 e. The Hall–Kier alpha value is -1.67. The Balaban J connectivity index is 2.33. The first-order valence-electron chi connectivity index (χ1n) is 28.4. The molecule has 9 atom stereocenters. The molecule has 0 spiro atoms. The molecule has 0 aromatic rings. The van der Waals surface area contributed by atoms with Gasteiger partial charge in [-0.2, -0.15) is 0 Å². The number of hydrogen-bond donors (Lipinski definition) is 8. The molecule has 11 nitrogen and oxygen atoms in total. The third-order valence-electron chi connectivity index (χ3n) is 13.7. The maximum absolute atomic E-state index is 13.1. The summed E-state index contributed by atoms with van der Waals surface area (Å²) in [6.07, 6.45) is 44.9. The van der Waals surface area contributed by atoms with Gasteiger partial charge in [-0.25, -0.2) is 0 Å². The van der Waals surface area contributed by atoms with Crippen molar-refractivity contribution in [3.8, 4) is 0 Å². The zero-order valence-electron chi connectivity index (χ0n) is 43.6. The van der Waals surface area contributed by atoms with Crippen molar-refractivity contribution in [1.82, 2.24) is 5.32 Å². The van der Waals surface area contributed by atoms with Gasteiger partial charge in [0.05, 0.1) is 25.4 Å². The van der Waals surface area contributed by atoms with Crippen molar-refractivity contribution in [2.45, 2.75) is 306 Å². The lowest BCUT2D eigenvalue weighted by atomic mass is 9.98. The van der Waals surface area contributed by atoms with E-state index in [-0.39, 0.29) is 12.8 Å². The fourth-order valence-corrected chi connectivity index (χ4v) is 9.00. The summed E-state index contributed by atoms with van der Waals surface area (Å²) in [6.45, 7) is 3.42. The molecule has 8 N–H and O–H groups in total. The fraction of sp³-hybridized carbons (Fsp3) is 0.877. The Kier molecular flexibility index (Phi) is 43.9. The molecule has 1 aliphatic heterocycles. The summed E-state index contributed by atoms with van der Waals surface area (Å²) >= 11 is 0. The van der Waals surface area contributed by atoms with Crippen LogP contribution in [-0.4, -0.2) is 110 Å². The average molecular weight is 966 g/mol. The molecular formula is C57H107NO10. The summed E-state index contributed by atoms with van der Waals surface area (Å²) < 4.78 is 11.1. The normalized spacial score (nSPS) is 20.8. The van der Waals surface area contributed by atoms with Gasteiger partial charge in [0.15, 0.2) is 6.29 Å². The molecule has 0 aliphatic carbocycles. The molecule has 11 heteroatoms. The Morgan fingerprint density at radius 2 is 0.912 bits per heavy atom. The second-order valence-electron chi connectivity index (χ2n) is 20.0. The summed E-state index contributed by atoms with van der Waals surface area (Å²) in [4.78, 5) is 13.1. The Morgan fingerprint density at radius 1 is 0.515 bits per heavy atom. The van der Waals surface area contributed by atoms with E-state index in [1.54, 1.807) is 0 Å². The maximum Gasteiger partial charge on any atom is 0.249 e. The van der Waals surface area contributed by atoms with Crippen LogP contribution in [0.25, 0.3) is 0 Å². The second kappa shape index (κ2) is 46.4. The van der Waals surface area contributed by atoms with Gasteiger partial charge in [-0.15, -0.1) is 0 Å². The highest BCUT2D eigenvalue weighted by atomic mass is 16.7. The molecule has 400 valence electrons. The van der Waals surface area contributed by atoms with Gasteiger partial charge in [-0.1, -0.05) is 217 Å². The summed E-state index contributed by atoms with van der Waals surface area (Å²) in [5.74, 6) is -0.714. The van der Waals surface area contributed by atoms with Crippen molar-refractivity contribution in [2.24, 2.45) is 0 Å². The van der Waals surface area contributed by atoms with Gasteiger partial charge >= 0.3 is 0 Å². The molecule has 0 saturated carbocycles. The van der Waals surface area contributed by atoms with Crippen molar-refractivity contribution in [2.75, 3.05) is 13.2 Å². The first kappa shape index (κ1) is 64.3. The van der Waals surface area contributed by atoms with Gasteiger partial charge in [0.2, 0.25) is 5.91 Å². The average Bonchev–Trinajstić information content (AvgIpc) is 3.34. The molecule has 1 heterocycles. The SMILES string of the molecule is CCCCC/C=C\C/C=C\CCCCCCCCC(O)C(=O)NC(COC1OC(CO)C(O)C(O)C1O)C(O)C(O)CCC/C=C/CCCCCCCCCCCCCCCCCCCCCC. The highest BCUT2D eigenvalue weighted by Crippen LogP contribution is 2.23. The zero-order chi connectivity index (χ0) is 49.7. The van der Waals surface area contributed by atoms with Crippen LogP contribution in [0.2, 0.25) is 0 Å². The molecule has 1 rings (SSSR count). The van der Waals surface area contributed by atoms with Crippen molar-refractivity contribution in [3.63, 3.8) is 0 Å². The van der Waals surface area contributed by atoms with Gasteiger partial charge in [0, 0.05) is 0 Å². The molecule has 68 heavy (non-hydrogen) atoms. The first-order chi connectivity index (χ1) is 33.2. The predicted octanol–water partition coefficient (Wildman–Crippen LogP) is 11.5. The number of carbonyl (C=O) groups is 1. The Labute approximate surface area is 416 Å². The van der Waals surface area contributed by atoms with E-state index in [2.05, 4.69) is 55.6 Å². The van der Waals surface area contributed by atoms with Crippen molar-refractivity contribution >= 4 is 5.91 Å². The van der Waals surface area contributed by atoms with E-state index in [0.29, 0.717) is 12.8 Å². The van der Waals surface area contributed by atoms with E-state index in [1.165, 1.54) is 148 Å². The number of unbranched alkanes of at least 4 members (excludes halogenated alkanes) is 30. The van der Waals surface area contributed by atoms with Gasteiger partial charge in [-0.05, 0) is 70.6 Å². The molecule has 0 radical (unpaired) electrons. The quantitative estimate of drug-likeness (QED) is 0.0215. The number of amides is 1. The van der Waals surface area contributed by atoms with Crippen molar-refractivity contribution < 1.29 is 50.0 Å². The minimum atomic E-state index is -1.67. The Bertz CT molecular complexity index is 1200. The number of hydrogen-bond acceptors (Lipinski definition) is 10. The summed E-state index contributed by atoms with van der Waals surface area (Å²) in [7, 11) is 0. The number of aliphatic hydroxyl groups excluding tert-OH is 7.